The lowest BCUT2D eigenvalue weighted by Crippen LogP contribution is -2.14. The Kier molecular flexibility index (Phi) is 4.30. The molecule has 0 saturated carbocycles. The molecule has 0 bridgehead atoms. The largest absolute Gasteiger partial charge is 0.461 e. The van der Waals surface area contributed by atoms with Gasteiger partial charge in [-0.25, -0.2) is 0 Å². The molecule has 3 heteroatoms. The lowest BCUT2D eigenvalue weighted by molar-refractivity contribution is -0.146. The maximum absolute atomic E-state index is 10.4. The molecule has 0 fully saturated rings. The van der Waals surface area contributed by atoms with Crippen LogP contribution in [0.25, 0.3) is 0 Å². The molecule has 0 N–H and O–H groups in total. The van der Waals surface area contributed by atoms with E-state index in [0.29, 0.717) is 6.42 Å². The standard InChI is InChI=1S/C7H11NO2/c1-3-7(4-5-8)10-6(2)9/h7H,3-4H2,1-2H3. The predicted octanol–water partition coefficient (Wildman–Crippen LogP) is 1.24. The van der Waals surface area contributed by atoms with Gasteiger partial charge in [-0.2, -0.15) is 5.26 Å². The van der Waals surface area contributed by atoms with Gasteiger partial charge in [0.25, 0.3) is 0 Å². The van der Waals surface area contributed by atoms with Gasteiger partial charge in [0.1, 0.15) is 6.10 Å². The molecule has 0 rings (SSSR count). The Bertz CT molecular complexity index is 148. The number of carbonyl (C=O) groups is 1. The Morgan fingerprint density at radius 3 is 2.70 bits per heavy atom. The number of hydrogen-bond acceptors (Lipinski definition) is 3. The molecule has 0 aromatic rings. The number of ether oxygens (including phenoxy) is 1. The number of esters is 1. The van der Waals surface area contributed by atoms with E-state index in [0.717, 1.165) is 0 Å². The quantitative estimate of drug-likeness (QED) is 0.555. The normalized spacial score (nSPS) is 11.7. The Hall–Kier alpha value is -1.04. The first-order valence-electron chi connectivity index (χ1n) is 3.24. The summed E-state index contributed by atoms with van der Waals surface area (Å²) in [5.41, 5.74) is 0. The second kappa shape index (κ2) is 4.80. The fraction of sp³-hybridized carbons (Fsp3) is 0.714. The van der Waals surface area contributed by atoms with Crippen molar-refractivity contribution in [3.8, 4) is 6.07 Å². The lowest BCUT2D eigenvalue weighted by Gasteiger charge is -2.09. The summed E-state index contributed by atoms with van der Waals surface area (Å²) in [5.74, 6) is -0.317. The van der Waals surface area contributed by atoms with Crippen molar-refractivity contribution in [3.05, 3.63) is 0 Å². The van der Waals surface area contributed by atoms with Crippen molar-refractivity contribution in [2.45, 2.75) is 32.8 Å². The smallest absolute Gasteiger partial charge is 0.302 e. The van der Waals surface area contributed by atoms with Gasteiger partial charge in [0.05, 0.1) is 12.5 Å². The molecule has 0 heterocycles. The van der Waals surface area contributed by atoms with Crippen LogP contribution in [-0.4, -0.2) is 12.1 Å². The number of nitrogens with zero attached hydrogens (tertiary/aromatic N) is 1. The Morgan fingerprint density at radius 1 is 1.80 bits per heavy atom. The topological polar surface area (TPSA) is 50.1 Å². The summed E-state index contributed by atoms with van der Waals surface area (Å²) in [5, 5.41) is 8.24. The zero-order valence-electron chi connectivity index (χ0n) is 6.26. The van der Waals surface area contributed by atoms with Crippen molar-refractivity contribution in [2.24, 2.45) is 0 Å². The van der Waals surface area contributed by atoms with Crippen LogP contribution in [0.2, 0.25) is 0 Å². The molecule has 0 aliphatic carbocycles. The van der Waals surface area contributed by atoms with Crippen LogP contribution in [0.3, 0.4) is 0 Å². The summed E-state index contributed by atoms with van der Waals surface area (Å²) in [6, 6.07) is 1.95. The van der Waals surface area contributed by atoms with Gasteiger partial charge in [-0.1, -0.05) is 6.92 Å². The molecule has 0 aliphatic heterocycles. The predicted molar refractivity (Wildman–Crippen MR) is 36.1 cm³/mol. The Balaban J connectivity index is 3.62. The number of carbonyl (C=O) groups excluding carboxylic acids is 1. The van der Waals surface area contributed by atoms with E-state index >= 15 is 0 Å². The summed E-state index contributed by atoms with van der Waals surface area (Å²) >= 11 is 0. The molecule has 56 valence electrons. The summed E-state index contributed by atoms with van der Waals surface area (Å²) < 4.78 is 4.78. The second-order valence-corrected chi connectivity index (χ2v) is 2.00. The lowest BCUT2D eigenvalue weighted by atomic mass is 10.2. The minimum Gasteiger partial charge on any atom is -0.461 e. The third-order valence-electron chi connectivity index (χ3n) is 1.11. The SMILES string of the molecule is CCC(CC#N)OC(C)=O. The van der Waals surface area contributed by atoms with Gasteiger partial charge in [-0.3, -0.25) is 4.79 Å². The first kappa shape index (κ1) is 8.96. The third kappa shape index (κ3) is 3.90. The van der Waals surface area contributed by atoms with Gasteiger partial charge in [-0.15, -0.1) is 0 Å². The summed E-state index contributed by atoms with van der Waals surface area (Å²) in [4.78, 5) is 10.4. The molecular weight excluding hydrogens is 130 g/mol. The van der Waals surface area contributed by atoms with Crippen molar-refractivity contribution < 1.29 is 9.53 Å². The van der Waals surface area contributed by atoms with E-state index in [4.69, 9.17) is 10.00 Å². The zero-order valence-corrected chi connectivity index (χ0v) is 6.26. The second-order valence-electron chi connectivity index (χ2n) is 2.00. The average molecular weight is 141 g/mol. The van der Waals surface area contributed by atoms with Crippen LogP contribution in [0.1, 0.15) is 26.7 Å². The number of nitriles is 1. The molecule has 0 aromatic heterocycles. The van der Waals surface area contributed by atoms with Crippen LogP contribution in [0.15, 0.2) is 0 Å². The van der Waals surface area contributed by atoms with E-state index in [-0.39, 0.29) is 18.5 Å². The van der Waals surface area contributed by atoms with Crippen LogP contribution in [0, 0.1) is 11.3 Å². The van der Waals surface area contributed by atoms with Crippen LogP contribution < -0.4 is 0 Å². The van der Waals surface area contributed by atoms with Crippen molar-refractivity contribution in [3.63, 3.8) is 0 Å². The van der Waals surface area contributed by atoms with Crippen molar-refractivity contribution in [1.82, 2.24) is 0 Å². The zero-order chi connectivity index (χ0) is 7.98. The molecule has 0 aliphatic rings. The molecule has 0 spiro atoms. The van der Waals surface area contributed by atoms with Gasteiger partial charge in [-0.05, 0) is 6.42 Å². The van der Waals surface area contributed by atoms with E-state index < -0.39 is 0 Å². The highest BCUT2D eigenvalue weighted by atomic mass is 16.5. The van der Waals surface area contributed by atoms with Crippen molar-refractivity contribution >= 4 is 5.97 Å². The van der Waals surface area contributed by atoms with Crippen molar-refractivity contribution in [1.29, 1.82) is 5.26 Å². The van der Waals surface area contributed by atoms with Crippen LogP contribution in [-0.2, 0) is 9.53 Å². The summed E-state index contributed by atoms with van der Waals surface area (Å²) in [6.07, 6.45) is 0.769. The van der Waals surface area contributed by atoms with E-state index in [1.807, 2.05) is 13.0 Å². The van der Waals surface area contributed by atoms with Crippen LogP contribution >= 0.6 is 0 Å². The molecule has 0 amide bonds. The number of hydrogen-bond donors (Lipinski definition) is 0. The first-order chi connectivity index (χ1) is 4.70. The fourth-order valence-corrected chi connectivity index (χ4v) is 0.606. The van der Waals surface area contributed by atoms with Gasteiger partial charge in [0, 0.05) is 6.92 Å². The monoisotopic (exact) mass is 141 g/mol. The van der Waals surface area contributed by atoms with Crippen molar-refractivity contribution in [2.75, 3.05) is 0 Å². The summed E-state index contributed by atoms with van der Waals surface area (Å²) in [7, 11) is 0. The molecule has 0 saturated heterocycles. The average Bonchev–Trinajstić information content (AvgIpc) is 1.86. The number of rotatable bonds is 3. The molecular formula is C7H11NO2. The Labute approximate surface area is 60.6 Å². The summed E-state index contributed by atoms with van der Waals surface area (Å²) in [6.45, 7) is 3.23. The maximum Gasteiger partial charge on any atom is 0.302 e. The molecule has 0 aromatic carbocycles. The third-order valence-corrected chi connectivity index (χ3v) is 1.11. The molecule has 1 unspecified atom stereocenters. The van der Waals surface area contributed by atoms with E-state index in [9.17, 15) is 4.79 Å². The maximum atomic E-state index is 10.4. The van der Waals surface area contributed by atoms with Gasteiger partial charge in [0.2, 0.25) is 0 Å². The van der Waals surface area contributed by atoms with Gasteiger partial charge >= 0.3 is 5.97 Å². The highest BCUT2D eigenvalue weighted by Gasteiger charge is 2.07. The Morgan fingerprint density at radius 2 is 2.40 bits per heavy atom. The van der Waals surface area contributed by atoms with E-state index in [1.54, 1.807) is 0 Å². The van der Waals surface area contributed by atoms with Crippen LogP contribution in [0.4, 0.5) is 0 Å². The molecule has 0 radical (unpaired) electrons. The molecule has 3 nitrogen and oxygen atoms in total. The van der Waals surface area contributed by atoms with E-state index in [2.05, 4.69) is 0 Å². The molecule has 1 atom stereocenters. The minimum absolute atomic E-state index is 0.220. The van der Waals surface area contributed by atoms with Gasteiger partial charge in [0.15, 0.2) is 0 Å². The minimum atomic E-state index is -0.317. The highest BCUT2D eigenvalue weighted by molar-refractivity contribution is 5.66. The van der Waals surface area contributed by atoms with E-state index in [1.165, 1.54) is 6.92 Å². The van der Waals surface area contributed by atoms with Crippen LogP contribution in [0.5, 0.6) is 0 Å². The fourth-order valence-electron chi connectivity index (χ4n) is 0.606. The van der Waals surface area contributed by atoms with Gasteiger partial charge < -0.3 is 4.74 Å². The highest BCUT2D eigenvalue weighted by Crippen LogP contribution is 2.01. The first-order valence-corrected chi connectivity index (χ1v) is 3.24. The molecule has 10 heavy (non-hydrogen) atoms.